The van der Waals surface area contributed by atoms with E-state index >= 15 is 4.39 Å². The molecule has 1 fully saturated rings. The molecule has 202 valence electrons. The van der Waals surface area contributed by atoms with Crippen molar-refractivity contribution in [1.29, 1.82) is 0 Å². The SMILES string of the molecule is CCCC(Cn1c(=O)nc(N2CCNC[C@@H]2C)c2cc(F)c(-c3c(O)cccc3F)nc21)N=C/C=C(/C)N. The maximum Gasteiger partial charge on any atom is 0.351 e. The third-order valence-corrected chi connectivity index (χ3v) is 6.54. The maximum absolute atomic E-state index is 15.5. The van der Waals surface area contributed by atoms with Crippen LogP contribution in [-0.2, 0) is 6.54 Å². The van der Waals surface area contributed by atoms with Crippen LogP contribution in [0.25, 0.3) is 22.3 Å². The fourth-order valence-corrected chi connectivity index (χ4v) is 4.65. The number of benzene rings is 1. The molecule has 1 unspecified atom stereocenters. The number of allylic oxidation sites excluding steroid dienone is 2. The molecule has 0 spiro atoms. The highest BCUT2D eigenvalue weighted by molar-refractivity contribution is 5.90. The monoisotopic (exact) mass is 525 g/mol. The number of phenolic OH excluding ortho intramolecular Hbond substituents is 1. The summed E-state index contributed by atoms with van der Waals surface area (Å²) < 4.78 is 31.6. The van der Waals surface area contributed by atoms with E-state index in [9.17, 15) is 14.3 Å². The second-order valence-corrected chi connectivity index (χ2v) is 9.55. The summed E-state index contributed by atoms with van der Waals surface area (Å²) in [6, 6.07) is 4.61. The Hall–Kier alpha value is -3.86. The lowest BCUT2D eigenvalue weighted by molar-refractivity contribution is 0.470. The zero-order valence-corrected chi connectivity index (χ0v) is 21.8. The number of rotatable bonds is 8. The first kappa shape index (κ1) is 27.2. The molecule has 3 heterocycles. The Balaban J connectivity index is 1.96. The van der Waals surface area contributed by atoms with E-state index in [0.717, 1.165) is 12.5 Å². The number of hydrogen-bond donors (Lipinski definition) is 3. The van der Waals surface area contributed by atoms with Crippen LogP contribution in [0.1, 0.15) is 33.6 Å². The van der Waals surface area contributed by atoms with Gasteiger partial charge in [0.05, 0.1) is 23.5 Å². The van der Waals surface area contributed by atoms with Gasteiger partial charge in [0.15, 0.2) is 5.82 Å². The molecular weight excluding hydrogens is 492 g/mol. The van der Waals surface area contributed by atoms with Crippen molar-refractivity contribution in [1.82, 2.24) is 19.9 Å². The number of nitrogens with two attached hydrogens (primary N) is 1. The van der Waals surface area contributed by atoms with E-state index in [0.29, 0.717) is 43.0 Å². The van der Waals surface area contributed by atoms with E-state index < -0.39 is 23.1 Å². The number of anilines is 1. The Morgan fingerprint density at radius 2 is 2.13 bits per heavy atom. The molecule has 0 bridgehead atoms. The maximum atomic E-state index is 15.5. The number of aliphatic imine (C=N–C) groups is 1. The Labute approximate surface area is 219 Å². The van der Waals surface area contributed by atoms with Crippen LogP contribution in [0.5, 0.6) is 5.75 Å². The Kier molecular flexibility index (Phi) is 8.35. The van der Waals surface area contributed by atoms with E-state index in [1.54, 1.807) is 19.2 Å². The summed E-state index contributed by atoms with van der Waals surface area (Å²) in [6.45, 7) is 7.78. The average Bonchev–Trinajstić information content (AvgIpc) is 2.86. The third-order valence-electron chi connectivity index (χ3n) is 6.54. The summed E-state index contributed by atoms with van der Waals surface area (Å²) in [5.74, 6) is -1.79. The number of nitrogens with one attached hydrogen (secondary N) is 1. The standard InChI is InChI=1S/C27H33F2N7O2/c1-4-6-18(32-10-9-16(2)30)15-36-25-19(26(34-27(36)38)35-12-11-31-14-17(35)3)13-21(29)24(33-25)23-20(28)7-5-8-22(23)37/h5,7-10,13,17-18,31,37H,4,6,11-12,14-15,30H2,1-3H3/b16-9-,32-10?/t17-,18?/m0/s1. The zero-order valence-electron chi connectivity index (χ0n) is 21.8. The lowest BCUT2D eigenvalue weighted by atomic mass is 10.1. The van der Waals surface area contributed by atoms with Crippen molar-refractivity contribution in [2.45, 2.75) is 52.2 Å². The minimum atomic E-state index is -0.833. The first-order chi connectivity index (χ1) is 18.2. The van der Waals surface area contributed by atoms with Gasteiger partial charge >= 0.3 is 5.69 Å². The van der Waals surface area contributed by atoms with Crippen molar-refractivity contribution in [3.05, 3.63) is 58.2 Å². The number of aromatic hydroxyl groups is 1. The number of fused-ring (bicyclic) bond motifs is 1. The lowest BCUT2D eigenvalue weighted by Gasteiger charge is -2.35. The fourth-order valence-electron chi connectivity index (χ4n) is 4.65. The Bertz CT molecular complexity index is 1410. The molecule has 1 aliphatic heterocycles. The topological polar surface area (TPSA) is 122 Å². The summed E-state index contributed by atoms with van der Waals surface area (Å²) in [6.07, 6.45) is 4.74. The van der Waals surface area contributed by atoms with Crippen LogP contribution >= 0.6 is 0 Å². The molecule has 38 heavy (non-hydrogen) atoms. The average molecular weight is 526 g/mol. The summed E-state index contributed by atoms with van der Waals surface area (Å²) in [5, 5.41) is 14.0. The molecule has 0 saturated carbocycles. The van der Waals surface area contributed by atoms with Crippen LogP contribution in [0, 0.1) is 11.6 Å². The van der Waals surface area contributed by atoms with Crippen molar-refractivity contribution in [2.75, 3.05) is 24.5 Å². The summed E-state index contributed by atoms with van der Waals surface area (Å²) in [7, 11) is 0. The number of piperazine rings is 1. The van der Waals surface area contributed by atoms with E-state index in [2.05, 4.69) is 20.3 Å². The van der Waals surface area contributed by atoms with Gasteiger partial charge in [0.2, 0.25) is 0 Å². The molecule has 9 nitrogen and oxygen atoms in total. The first-order valence-corrected chi connectivity index (χ1v) is 12.7. The predicted molar refractivity (Wildman–Crippen MR) is 146 cm³/mol. The van der Waals surface area contributed by atoms with Gasteiger partial charge < -0.3 is 21.1 Å². The van der Waals surface area contributed by atoms with Crippen molar-refractivity contribution in [3.63, 3.8) is 0 Å². The van der Waals surface area contributed by atoms with Crippen molar-refractivity contribution < 1.29 is 13.9 Å². The Morgan fingerprint density at radius 3 is 2.82 bits per heavy atom. The normalized spacial score (nSPS) is 17.4. The molecule has 0 aliphatic carbocycles. The molecule has 0 amide bonds. The van der Waals surface area contributed by atoms with Crippen molar-refractivity contribution >= 4 is 23.1 Å². The molecule has 11 heteroatoms. The largest absolute Gasteiger partial charge is 0.507 e. The Morgan fingerprint density at radius 1 is 1.34 bits per heavy atom. The predicted octanol–water partition coefficient (Wildman–Crippen LogP) is 3.34. The van der Waals surface area contributed by atoms with Gasteiger partial charge in [0.25, 0.3) is 0 Å². The fraction of sp³-hybridized carbons (Fsp3) is 0.407. The van der Waals surface area contributed by atoms with Gasteiger partial charge in [-0.15, -0.1) is 0 Å². The minimum Gasteiger partial charge on any atom is -0.507 e. The third kappa shape index (κ3) is 5.67. The van der Waals surface area contributed by atoms with E-state index in [1.165, 1.54) is 22.8 Å². The molecule has 1 aliphatic rings. The molecular formula is C27H33F2N7O2. The molecule has 0 radical (unpaired) electrons. The van der Waals surface area contributed by atoms with Gasteiger partial charge in [-0.05, 0) is 44.5 Å². The quantitative estimate of drug-likeness (QED) is 0.386. The summed E-state index contributed by atoms with van der Waals surface area (Å²) in [5.41, 5.74) is 5.13. The molecule has 1 aromatic carbocycles. The number of phenols is 1. The summed E-state index contributed by atoms with van der Waals surface area (Å²) in [4.78, 5) is 28.8. The van der Waals surface area contributed by atoms with E-state index in [-0.39, 0.29) is 35.5 Å². The van der Waals surface area contributed by atoms with Gasteiger partial charge in [0.1, 0.15) is 28.7 Å². The van der Waals surface area contributed by atoms with Crippen molar-refractivity contribution in [3.8, 4) is 17.0 Å². The number of nitrogens with zero attached hydrogens (tertiary/aromatic N) is 5. The number of aromatic nitrogens is 3. The molecule has 4 N–H and O–H groups in total. The van der Waals surface area contributed by atoms with Crippen LogP contribution in [-0.4, -0.2) is 57.6 Å². The highest BCUT2D eigenvalue weighted by Crippen LogP contribution is 2.35. The lowest BCUT2D eigenvalue weighted by Crippen LogP contribution is -2.51. The van der Waals surface area contributed by atoms with E-state index in [1.807, 2.05) is 18.7 Å². The van der Waals surface area contributed by atoms with Gasteiger partial charge in [0, 0.05) is 37.6 Å². The highest BCUT2D eigenvalue weighted by atomic mass is 19.1. The molecule has 2 atom stereocenters. The van der Waals surface area contributed by atoms with Crippen LogP contribution in [0.3, 0.4) is 0 Å². The zero-order chi connectivity index (χ0) is 27.4. The number of hydrogen-bond acceptors (Lipinski definition) is 8. The number of halogens is 2. The molecule has 4 rings (SSSR count). The number of pyridine rings is 1. The smallest absolute Gasteiger partial charge is 0.351 e. The van der Waals surface area contributed by atoms with E-state index in [4.69, 9.17) is 5.73 Å². The van der Waals surface area contributed by atoms with Gasteiger partial charge in [-0.2, -0.15) is 4.98 Å². The molecule has 2 aromatic heterocycles. The van der Waals surface area contributed by atoms with Gasteiger partial charge in [-0.1, -0.05) is 19.4 Å². The van der Waals surface area contributed by atoms with Crippen molar-refractivity contribution in [2.24, 2.45) is 10.7 Å². The van der Waals surface area contributed by atoms with Crippen LogP contribution < -0.4 is 21.6 Å². The van der Waals surface area contributed by atoms with Crippen LogP contribution in [0.4, 0.5) is 14.6 Å². The second-order valence-electron chi connectivity index (χ2n) is 9.55. The minimum absolute atomic E-state index is 0.00298. The second kappa shape index (κ2) is 11.7. The van der Waals surface area contributed by atoms with Crippen LogP contribution in [0.2, 0.25) is 0 Å². The first-order valence-electron chi connectivity index (χ1n) is 12.7. The highest BCUT2D eigenvalue weighted by Gasteiger charge is 2.27. The summed E-state index contributed by atoms with van der Waals surface area (Å²) >= 11 is 0. The molecule has 3 aromatic rings. The van der Waals surface area contributed by atoms with Gasteiger partial charge in [-0.3, -0.25) is 9.56 Å². The van der Waals surface area contributed by atoms with Crippen LogP contribution in [0.15, 0.2) is 45.8 Å². The van der Waals surface area contributed by atoms with Gasteiger partial charge in [-0.25, -0.2) is 18.6 Å². The molecule has 1 saturated heterocycles.